The number of nitriles is 1. The SMILES string of the molecule is COc1ccc(NC(C#N)CC(C)c2ccccc2)cc1. The van der Waals surface area contributed by atoms with Crippen LogP contribution in [-0.2, 0) is 0 Å². The molecule has 0 bridgehead atoms. The van der Waals surface area contributed by atoms with E-state index >= 15 is 0 Å². The van der Waals surface area contributed by atoms with Crippen molar-refractivity contribution >= 4 is 5.69 Å². The minimum atomic E-state index is -0.214. The van der Waals surface area contributed by atoms with Crippen LogP contribution in [-0.4, -0.2) is 13.2 Å². The minimum absolute atomic E-state index is 0.214. The van der Waals surface area contributed by atoms with E-state index in [1.807, 2.05) is 42.5 Å². The Bertz CT molecular complexity index is 587. The van der Waals surface area contributed by atoms with Crippen molar-refractivity contribution in [3.8, 4) is 11.8 Å². The highest BCUT2D eigenvalue weighted by Gasteiger charge is 2.14. The second-order valence-corrected chi connectivity index (χ2v) is 5.10. The van der Waals surface area contributed by atoms with Crippen LogP contribution in [0.4, 0.5) is 5.69 Å². The van der Waals surface area contributed by atoms with Crippen molar-refractivity contribution in [1.29, 1.82) is 5.26 Å². The van der Waals surface area contributed by atoms with Crippen LogP contribution < -0.4 is 10.1 Å². The largest absolute Gasteiger partial charge is 0.497 e. The van der Waals surface area contributed by atoms with E-state index < -0.39 is 0 Å². The maximum Gasteiger partial charge on any atom is 0.119 e. The fourth-order valence-corrected chi connectivity index (χ4v) is 2.30. The Morgan fingerprint density at radius 2 is 1.76 bits per heavy atom. The van der Waals surface area contributed by atoms with E-state index in [0.29, 0.717) is 5.92 Å². The third-order valence-electron chi connectivity index (χ3n) is 3.54. The number of methoxy groups -OCH3 is 1. The molecule has 3 heteroatoms. The maximum atomic E-state index is 9.35. The van der Waals surface area contributed by atoms with Gasteiger partial charge in [0.25, 0.3) is 0 Å². The number of nitrogens with one attached hydrogen (secondary N) is 1. The summed E-state index contributed by atoms with van der Waals surface area (Å²) < 4.78 is 5.13. The van der Waals surface area contributed by atoms with Crippen molar-refractivity contribution < 1.29 is 4.74 Å². The summed E-state index contributed by atoms with van der Waals surface area (Å²) in [5.74, 6) is 1.15. The lowest BCUT2D eigenvalue weighted by Gasteiger charge is -2.18. The molecular formula is C18H20N2O. The third-order valence-corrected chi connectivity index (χ3v) is 3.54. The number of ether oxygens (including phenoxy) is 1. The van der Waals surface area contributed by atoms with Gasteiger partial charge in [-0.15, -0.1) is 0 Å². The van der Waals surface area contributed by atoms with Crippen molar-refractivity contribution in [2.45, 2.75) is 25.3 Å². The van der Waals surface area contributed by atoms with Gasteiger partial charge in [0, 0.05) is 5.69 Å². The molecule has 0 aliphatic carbocycles. The quantitative estimate of drug-likeness (QED) is 0.862. The molecule has 0 amide bonds. The average molecular weight is 280 g/mol. The number of nitrogens with zero attached hydrogens (tertiary/aromatic N) is 1. The molecule has 0 spiro atoms. The van der Waals surface area contributed by atoms with Gasteiger partial charge >= 0.3 is 0 Å². The van der Waals surface area contributed by atoms with Gasteiger partial charge in [-0.25, -0.2) is 0 Å². The average Bonchev–Trinajstić information content (AvgIpc) is 2.55. The van der Waals surface area contributed by atoms with Crippen LogP contribution in [0.2, 0.25) is 0 Å². The summed E-state index contributed by atoms with van der Waals surface area (Å²) in [7, 11) is 1.64. The molecule has 0 aromatic heterocycles. The second kappa shape index (κ2) is 7.35. The first-order valence-corrected chi connectivity index (χ1v) is 7.08. The van der Waals surface area contributed by atoms with E-state index in [0.717, 1.165) is 17.9 Å². The van der Waals surface area contributed by atoms with E-state index in [9.17, 15) is 5.26 Å². The zero-order valence-electron chi connectivity index (χ0n) is 12.4. The molecule has 0 fully saturated rings. The molecule has 2 rings (SSSR count). The molecule has 2 atom stereocenters. The Morgan fingerprint density at radius 1 is 1.10 bits per heavy atom. The predicted octanol–water partition coefficient (Wildman–Crippen LogP) is 4.19. The topological polar surface area (TPSA) is 45.0 Å². The molecule has 2 unspecified atom stereocenters. The second-order valence-electron chi connectivity index (χ2n) is 5.10. The zero-order chi connectivity index (χ0) is 15.1. The van der Waals surface area contributed by atoms with Crippen LogP contribution in [0.3, 0.4) is 0 Å². The van der Waals surface area contributed by atoms with E-state index in [4.69, 9.17) is 4.74 Å². The molecule has 1 N–H and O–H groups in total. The van der Waals surface area contributed by atoms with Crippen LogP contribution in [0, 0.1) is 11.3 Å². The van der Waals surface area contributed by atoms with Gasteiger partial charge in [-0.2, -0.15) is 5.26 Å². The van der Waals surface area contributed by atoms with Crippen LogP contribution in [0.1, 0.15) is 24.8 Å². The van der Waals surface area contributed by atoms with Gasteiger partial charge in [0.1, 0.15) is 11.8 Å². The molecule has 3 nitrogen and oxygen atoms in total. The van der Waals surface area contributed by atoms with E-state index in [2.05, 4.69) is 30.4 Å². The Morgan fingerprint density at radius 3 is 2.33 bits per heavy atom. The lowest BCUT2D eigenvalue weighted by atomic mass is 9.94. The number of anilines is 1. The smallest absolute Gasteiger partial charge is 0.119 e. The van der Waals surface area contributed by atoms with Crippen molar-refractivity contribution in [2.75, 3.05) is 12.4 Å². The fourth-order valence-electron chi connectivity index (χ4n) is 2.30. The summed E-state index contributed by atoms with van der Waals surface area (Å²) in [5.41, 5.74) is 2.19. The molecule has 2 aromatic carbocycles. The Kier molecular flexibility index (Phi) is 5.22. The summed E-state index contributed by atoms with van der Waals surface area (Å²) in [6.07, 6.45) is 0.770. The number of hydrogen-bond donors (Lipinski definition) is 1. The number of benzene rings is 2. The molecule has 0 radical (unpaired) electrons. The summed E-state index contributed by atoms with van der Waals surface area (Å²) in [6, 6.07) is 20.0. The Hall–Kier alpha value is -2.47. The van der Waals surface area contributed by atoms with Crippen molar-refractivity contribution in [1.82, 2.24) is 0 Å². The normalized spacial score (nSPS) is 13.0. The summed E-state index contributed by atoms with van der Waals surface area (Å²) in [5, 5.41) is 12.6. The summed E-state index contributed by atoms with van der Waals surface area (Å²) >= 11 is 0. The van der Waals surface area contributed by atoms with Crippen molar-refractivity contribution in [3.05, 3.63) is 60.2 Å². The van der Waals surface area contributed by atoms with Crippen molar-refractivity contribution in [3.63, 3.8) is 0 Å². The van der Waals surface area contributed by atoms with Gasteiger partial charge < -0.3 is 10.1 Å². The van der Waals surface area contributed by atoms with E-state index in [1.165, 1.54) is 5.56 Å². The minimum Gasteiger partial charge on any atom is -0.497 e. The molecule has 0 saturated carbocycles. The molecule has 21 heavy (non-hydrogen) atoms. The van der Waals surface area contributed by atoms with Gasteiger partial charge in [-0.3, -0.25) is 0 Å². The molecule has 2 aromatic rings. The number of rotatable bonds is 6. The first-order valence-electron chi connectivity index (χ1n) is 7.08. The maximum absolute atomic E-state index is 9.35. The highest BCUT2D eigenvalue weighted by Crippen LogP contribution is 2.22. The van der Waals surface area contributed by atoms with Crippen molar-refractivity contribution in [2.24, 2.45) is 0 Å². The van der Waals surface area contributed by atoms with Gasteiger partial charge in [0.15, 0.2) is 0 Å². The van der Waals surface area contributed by atoms with Crippen LogP contribution in [0.15, 0.2) is 54.6 Å². The monoisotopic (exact) mass is 280 g/mol. The third kappa shape index (κ3) is 4.25. The lowest BCUT2D eigenvalue weighted by Crippen LogP contribution is -2.19. The first-order chi connectivity index (χ1) is 10.2. The zero-order valence-corrected chi connectivity index (χ0v) is 12.4. The van der Waals surface area contributed by atoms with Gasteiger partial charge in [0.2, 0.25) is 0 Å². The molecule has 108 valence electrons. The molecule has 0 heterocycles. The van der Waals surface area contributed by atoms with E-state index in [1.54, 1.807) is 7.11 Å². The lowest BCUT2D eigenvalue weighted by molar-refractivity contribution is 0.415. The van der Waals surface area contributed by atoms with Gasteiger partial charge in [-0.1, -0.05) is 37.3 Å². The molecule has 0 aliphatic heterocycles. The van der Waals surface area contributed by atoms with Gasteiger partial charge in [0.05, 0.1) is 13.2 Å². The van der Waals surface area contributed by atoms with Crippen LogP contribution in [0.5, 0.6) is 5.75 Å². The first kappa shape index (κ1) is 14.9. The van der Waals surface area contributed by atoms with E-state index in [-0.39, 0.29) is 6.04 Å². The van der Waals surface area contributed by atoms with Crippen LogP contribution in [0.25, 0.3) is 0 Å². The Labute approximate surface area is 126 Å². The van der Waals surface area contributed by atoms with Crippen LogP contribution >= 0.6 is 0 Å². The van der Waals surface area contributed by atoms with Gasteiger partial charge in [-0.05, 0) is 42.2 Å². The number of hydrogen-bond acceptors (Lipinski definition) is 3. The highest BCUT2D eigenvalue weighted by molar-refractivity contribution is 5.48. The molecule has 0 saturated heterocycles. The molecular weight excluding hydrogens is 260 g/mol. The predicted molar refractivity (Wildman–Crippen MR) is 85.5 cm³/mol. The molecule has 0 aliphatic rings. The summed E-state index contributed by atoms with van der Waals surface area (Å²) in [4.78, 5) is 0. The Balaban J connectivity index is 1.98. The summed E-state index contributed by atoms with van der Waals surface area (Å²) in [6.45, 7) is 2.15. The fraction of sp³-hybridized carbons (Fsp3) is 0.278. The standard InChI is InChI=1S/C18H20N2O/c1-14(15-6-4-3-5-7-15)12-17(13-19)20-16-8-10-18(21-2)11-9-16/h3-11,14,17,20H,12H2,1-2H3. The highest BCUT2D eigenvalue weighted by atomic mass is 16.5.